The summed E-state index contributed by atoms with van der Waals surface area (Å²) in [5.41, 5.74) is -0.950. The highest BCUT2D eigenvalue weighted by atomic mass is 19.4. The van der Waals surface area contributed by atoms with Crippen LogP contribution in [0, 0.1) is 6.92 Å². The van der Waals surface area contributed by atoms with E-state index in [9.17, 15) is 13.2 Å². The second kappa shape index (κ2) is 6.01. The number of aromatic nitrogens is 4. The molecular formula is C13H15F3N6O. The van der Waals surface area contributed by atoms with Gasteiger partial charge in [-0.05, 0) is 19.8 Å². The molecule has 0 spiro atoms. The molecule has 0 amide bonds. The summed E-state index contributed by atoms with van der Waals surface area (Å²) in [7, 11) is 0. The summed E-state index contributed by atoms with van der Waals surface area (Å²) in [6, 6.07) is 1.43. The number of hydrogen-bond acceptors (Lipinski definition) is 7. The molecule has 23 heavy (non-hydrogen) atoms. The van der Waals surface area contributed by atoms with Gasteiger partial charge in [0.15, 0.2) is 5.82 Å². The van der Waals surface area contributed by atoms with Crippen molar-refractivity contribution in [1.82, 2.24) is 20.1 Å². The van der Waals surface area contributed by atoms with Crippen molar-refractivity contribution < 1.29 is 17.7 Å². The summed E-state index contributed by atoms with van der Waals surface area (Å²) < 4.78 is 43.0. The first-order valence-electron chi connectivity index (χ1n) is 7.13. The highest BCUT2D eigenvalue weighted by Gasteiger charge is 2.33. The predicted molar refractivity (Wildman–Crippen MR) is 74.9 cm³/mol. The van der Waals surface area contributed by atoms with E-state index in [2.05, 4.69) is 25.4 Å². The van der Waals surface area contributed by atoms with E-state index in [-0.39, 0.29) is 11.9 Å². The Morgan fingerprint density at radius 1 is 1.26 bits per heavy atom. The lowest BCUT2D eigenvalue weighted by Gasteiger charge is -2.31. The number of alkyl halides is 3. The smallest absolute Gasteiger partial charge is 0.367 e. The van der Waals surface area contributed by atoms with E-state index in [0.717, 1.165) is 25.2 Å². The van der Waals surface area contributed by atoms with Crippen molar-refractivity contribution in [2.75, 3.05) is 23.3 Å². The molecule has 10 heteroatoms. The van der Waals surface area contributed by atoms with E-state index in [1.54, 1.807) is 6.92 Å². The number of nitrogens with one attached hydrogen (secondary N) is 1. The van der Waals surface area contributed by atoms with E-state index >= 15 is 0 Å². The van der Waals surface area contributed by atoms with Gasteiger partial charge >= 0.3 is 12.2 Å². The van der Waals surface area contributed by atoms with Gasteiger partial charge in [-0.25, -0.2) is 9.97 Å². The van der Waals surface area contributed by atoms with Crippen molar-refractivity contribution in [2.45, 2.75) is 32.0 Å². The van der Waals surface area contributed by atoms with Crippen LogP contribution in [0.25, 0.3) is 0 Å². The highest BCUT2D eigenvalue weighted by Crippen LogP contribution is 2.28. The van der Waals surface area contributed by atoms with Crippen LogP contribution in [-0.2, 0) is 6.18 Å². The Morgan fingerprint density at radius 2 is 2.00 bits per heavy atom. The maximum absolute atomic E-state index is 12.6. The molecule has 0 atom stereocenters. The van der Waals surface area contributed by atoms with Gasteiger partial charge in [0.1, 0.15) is 17.8 Å². The second-order valence-corrected chi connectivity index (χ2v) is 5.32. The SMILES string of the molecule is Cc1noc(N2CCC(Nc3cc(C(F)(F)F)ncn3)CC2)n1. The topological polar surface area (TPSA) is 80.0 Å². The van der Waals surface area contributed by atoms with E-state index in [1.165, 1.54) is 0 Å². The summed E-state index contributed by atoms with van der Waals surface area (Å²) in [5.74, 6) is 0.750. The van der Waals surface area contributed by atoms with E-state index in [4.69, 9.17) is 4.52 Å². The molecule has 0 radical (unpaired) electrons. The Morgan fingerprint density at radius 3 is 2.61 bits per heavy atom. The fourth-order valence-corrected chi connectivity index (χ4v) is 2.43. The van der Waals surface area contributed by atoms with Gasteiger partial charge in [-0.3, -0.25) is 0 Å². The number of anilines is 2. The van der Waals surface area contributed by atoms with Gasteiger partial charge in [-0.15, -0.1) is 0 Å². The molecule has 1 N–H and O–H groups in total. The third-order valence-corrected chi connectivity index (χ3v) is 3.59. The average molecular weight is 328 g/mol. The minimum Gasteiger partial charge on any atom is -0.367 e. The molecule has 7 nitrogen and oxygen atoms in total. The van der Waals surface area contributed by atoms with Crippen LogP contribution in [0.1, 0.15) is 24.4 Å². The fourth-order valence-electron chi connectivity index (χ4n) is 2.43. The van der Waals surface area contributed by atoms with Crippen molar-refractivity contribution in [2.24, 2.45) is 0 Å². The van der Waals surface area contributed by atoms with Gasteiger partial charge in [0.05, 0.1) is 0 Å². The first kappa shape index (κ1) is 15.5. The van der Waals surface area contributed by atoms with Crippen LogP contribution in [0.3, 0.4) is 0 Å². The normalized spacial score (nSPS) is 16.6. The average Bonchev–Trinajstić information content (AvgIpc) is 2.94. The quantitative estimate of drug-likeness (QED) is 0.925. The Kier molecular flexibility index (Phi) is 4.05. The Balaban J connectivity index is 1.59. The molecule has 1 aliphatic rings. The molecule has 1 aliphatic heterocycles. The molecule has 0 saturated carbocycles. The lowest BCUT2D eigenvalue weighted by molar-refractivity contribution is -0.141. The van der Waals surface area contributed by atoms with Gasteiger partial charge in [-0.1, -0.05) is 5.16 Å². The molecule has 0 bridgehead atoms. The molecule has 2 aromatic rings. The number of halogens is 3. The number of nitrogens with zero attached hydrogens (tertiary/aromatic N) is 5. The highest BCUT2D eigenvalue weighted by molar-refractivity contribution is 5.37. The number of hydrogen-bond donors (Lipinski definition) is 1. The van der Waals surface area contributed by atoms with Crippen LogP contribution in [0.15, 0.2) is 16.9 Å². The summed E-state index contributed by atoms with van der Waals surface area (Å²) in [6.07, 6.45) is -2.10. The van der Waals surface area contributed by atoms with Crippen LogP contribution in [0.4, 0.5) is 25.0 Å². The third kappa shape index (κ3) is 3.69. The first-order chi connectivity index (χ1) is 10.9. The van der Waals surface area contributed by atoms with Crippen molar-refractivity contribution in [1.29, 1.82) is 0 Å². The molecule has 2 aromatic heterocycles. The molecule has 3 heterocycles. The molecule has 0 aromatic carbocycles. The monoisotopic (exact) mass is 328 g/mol. The van der Waals surface area contributed by atoms with Gasteiger partial charge < -0.3 is 14.7 Å². The lowest BCUT2D eigenvalue weighted by atomic mass is 10.1. The predicted octanol–water partition coefficient (Wildman–Crippen LogP) is 2.27. The minimum absolute atomic E-state index is 0.0336. The maximum atomic E-state index is 12.6. The van der Waals surface area contributed by atoms with Crippen molar-refractivity contribution in [3.05, 3.63) is 23.9 Å². The van der Waals surface area contributed by atoms with Crippen LogP contribution >= 0.6 is 0 Å². The largest absolute Gasteiger partial charge is 0.433 e. The van der Waals surface area contributed by atoms with E-state index in [1.807, 2.05) is 4.90 Å². The minimum atomic E-state index is -4.47. The zero-order chi connectivity index (χ0) is 16.4. The molecule has 1 fully saturated rings. The van der Waals surface area contributed by atoms with Crippen molar-refractivity contribution >= 4 is 11.8 Å². The van der Waals surface area contributed by atoms with Gasteiger partial charge in [0.2, 0.25) is 0 Å². The maximum Gasteiger partial charge on any atom is 0.433 e. The Hall–Kier alpha value is -2.39. The summed E-state index contributed by atoms with van der Waals surface area (Å²) in [5, 5.41) is 6.77. The first-order valence-corrected chi connectivity index (χ1v) is 7.13. The van der Waals surface area contributed by atoms with Crippen molar-refractivity contribution in [3.8, 4) is 0 Å². The summed E-state index contributed by atoms with van der Waals surface area (Å²) >= 11 is 0. The zero-order valence-electron chi connectivity index (χ0n) is 12.3. The molecular weight excluding hydrogens is 313 g/mol. The summed E-state index contributed by atoms with van der Waals surface area (Å²) in [6.45, 7) is 3.10. The number of piperidine rings is 1. The van der Waals surface area contributed by atoms with Crippen LogP contribution in [-0.4, -0.2) is 39.2 Å². The molecule has 1 saturated heterocycles. The fraction of sp³-hybridized carbons (Fsp3) is 0.538. The standard InChI is InChI=1S/C13H15F3N6O/c1-8-19-12(23-21-8)22-4-2-9(3-5-22)20-11-6-10(13(14,15)16)17-7-18-11/h6-7,9H,2-5H2,1H3,(H,17,18,20). The second-order valence-electron chi connectivity index (χ2n) is 5.32. The molecule has 0 aliphatic carbocycles. The van der Waals surface area contributed by atoms with Crippen LogP contribution in [0.2, 0.25) is 0 Å². The molecule has 0 unspecified atom stereocenters. The number of rotatable bonds is 3. The Labute approximate surface area is 129 Å². The zero-order valence-corrected chi connectivity index (χ0v) is 12.3. The van der Waals surface area contributed by atoms with Gasteiger partial charge in [0, 0.05) is 25.2 Å². The van der Waals surface area contributed by atoms with E-state index in [0.29, 0.717) is 24.9 Å². The van der Waals surface area contributed by atoms with Gasteiger partial charge in [0.25, 0.3) is 0 Å². The van der Waals surface area contributed by atoms with E-state index < -0.39 is 11.9 Å². The number of aryl methyl sites for hydroxylation is 1. The lowest BCUT2D eigenvalue weighted by Crippen LogP contribution is -2.39. The van der Waals surface area contributed by atoms with Crippen LogP contribution in [0.5, 0.6) is 0 Å². The third-order valence-electron chi connectivity index (χ3n) is 3.59. The molecule has 124 valence electrons. The van der Waals surface area contributed by atoms with Crippen molar-refractivity contribution in [3.63, 3.8) is 0 Å². The summed E-state index contributed by atoms with van der Waals surface area (Å²) in [4.78, 5) is 13.2. The Bertz CT molecular complexity index is 666. The van der Waals surface area contributed by atoms with Gasteiger partial charge in [-0.2, -0.15) is 18.2 Å². The molecule has 3 rings (SSSR count). The van der Waals surface area contributed by atoms with Crippen LogP contribution < -0.4 is 10.2 Å².